The Kier molecular flexibility index (Phi) is 3.15. The zero-order chi connectivity index (χ0) is 11.7. The van der Waals surface area contributed by atoms with Crippen LogP contribution in [0.15, 0.2) is 0 Å². The Bertz CT molecular complexity index is 396. The highest BCUT2D eigenvalue weighted by molar-refractivity contribution is 7.05. The predicted molar refractivity (Wildman–Crippen MR) is 53.8 cm³/mol. The Balaban J connectivity index is 2.15. The van der Waals surface area contributed by atoms with Crippen molar-refractivity contribution in [2.75, 3.05) is 6.61 Å². The first kappa shape index (κ1) is 11.4. The number of carbonyl (C=O) groups is 1. The van der Waals surface area contributed by atoms with E-state index < -0.39 is 24.2 Å². The number of nitrogens with zero attached hydrogens (tertiary/aromatic N) is 2. The summed E-state index contributed by atoms with van der Waals surface area (Å²) in [5, 5.41) is 19.0. The van der Waals surface area contributed by atoms with Crippen molar-refractivity contribution in [2.24, 2.45) is 5.73 Å². The Morgan fingerprint density at radius 1 is 1.69 bits per heavy atom. The van der Waals surface area contributed by atoms with Crippen LogP contribution < -0.4 is 5.73 Å². The lowest BCUT2D eigenvalue weighted by Crippen LogP contribution is -2.15. The lowest BCUT2D eigenvalue weighted by atomic mass is 10.1. The van der Waals surface area contributed by atoms with Crippen LogP contribution in [0.1, 0.15) is 28.2 Å². The molecule has 0 aliphatic carbocycles. The van der Waals surface area contributed by atoms with E-state index in [0.29, 0.717) is 11.4 Å². The summed E-state index contributed by atoms with van der Waals surface area (Å²) in [6.07, 6.45) is -1.44. The second kappa shape index (κ2) is 4.42. The molecule has 8 heteroatoms. The van der Waals surface area contributed by atoms with E-state index >= 15 is 0 Å². The van der Waals surface area contributed by atoms with Crippen molar-refractivity contribution in [3.8, 4) is 0 Å². The first-order valence-corrected chi connectivity index (χ1v) is 5.47. The fourth-order valence-corrected chi connectivity index (χ4v) is 2.29. The van der Waals surface area contributed by atoms with Gasteiger partial charge in [0.2, 0.25) is 5.82 Å². The van der Waals surface area contributed by atoms with Gasteiger partial charge in [0.15, 0.2) is 0 Å². The number of primary amides is 1. The van der Waals surface area contributed by atoms with Crippen LogP contribution in [0.3, 0.4) is 0 Å². The van der Waals surface area contributed by atoms with Crippen molar-refractivity contribution in [1.82, 2.24) is 9.36 Å². The Morgan fingerprint density at radius 3 is 2.94 bits per heavy atom. The van der Waals surface area contributed by atoms with Gasteiger partial charge in [0.25, 0.3) is 5.91 Å². The number of rotatable bonds is 3. The maximum absolute atomic E-state index is 10.8. The third-order valence-corrected chi connectivity index (χ3v) is 3.08. The van der Waals surface area contributed by atoms with Gasteiger partial charge in [0, 0.05) is 6.42 Å². The molecule has 1 aliphatic rings. The third-order valence-electron chi connectivity index (χ3n) is 2.30. The topological polar surface area (TPSA) is 119 Å². The highest BCUT2D eigenvalue weighted by Gasteiger charge is 2.37. The smallest absolute Gasteiger partial charge is 0.287 e. The van der Waals surface area contributed by atoms with Gasteiger partial charge in [-0.2, -0.15) is 4.37 Å². The van der Waals surface area contributed by atoms with Gasteiger partial charge >= 0.3 is 0 Å². The largest absolute Gasteiger partial charge is 0.394 e. The van der Waals surface area contributed by atoms with Crippen LogP contribution in [0, 0.1) is 0 Å². The van der Waals surface area contributed by atoms with Crippen LogP contribution in [0.25, 0.3) is 0 Å². The van der Waals surface area contributed by atoms with E-state index in [1.807, 2.05) is 0 Å². The van der Waals surface area contributed by atoms with Gasteiger partial charge in [0.1, 0.15) is 11.1 Å². The Labute approximate surface area is 95.0 Å². The van der Waals surface area contributed by atoms with Gasteiger partial charge in [-0.1, -0.05) is 0 Å². The first-order chi connectivity index (χ1) is 7.61. The summed E-state index contributed by atoms with van der Waals surface area (Å²) >= 11 is 0.963. The SMILES string of the molecule is NC(=O)c1nsc([C@@H]2O[C@H](CO)C[C@H]2O)n1. The number of nitrogens with two attached hydrogens (primary N) is 1. The minimum atomic E-state index is -0.745. The van der Waals surface area contributed by atoms with E-state index in [1.54, 1.807) is 0 Å². The fraction of sp³-hybridized carbons (Fsp3) is 0.625. The molecule has 0 aromatic carbocycles. The molecule has 2 rings (SSSR count). The second-order valence-corrected chi connectivity index (χ2v) is 4.27. The van der Waals surface area contributed by atoms with Gasteiger partial charge in [0.05, 0.1) is 18.8 Å². The number of aromatic nitrogens is 2. The highest BCUT2D eigenvalue weighted by Crippen LogP contribution is 2.33. The van der Waals surface area contributed by atoms with Gasteiger partial charge in [-0.05, 0) is 11.5 Å². The zero-order valence-electron chi connectivity index (χ0n) is 8.24. The van der Waals surface area contributed by atoms with Crippen LogP contribution in [-0.2, 0) is 4.74 Å². The van der Waals surface area contributed by atoms with E-state index in [-0.39, 0.29) is 12.4 Å². The molecule has 1 aliphatic heterocycles. The molecule has 0 spiro atoms. The zero-order valence-corrected chi connectivity index (χ0v) is 9.05. The number of ether oxygens (including phenoxy) is 1. The number of hydrogen-bond acceptors (Lipinski definition) is 7. The molecule has 0 bridgehead atoms. The normalized spacial score (nSPS) is 29.5. The molecule has 3 atom stereocenters. The lowest BCUT2D eigenvalue weighted by molar-refractivity contribution is -0.0109. The second-order valence-electron chi connectivity index (χ2n) is 3.48. The molecule has 1 aromatic heterocycles. The van der Waals surface area contributed by atoms with Crippen molar-refractivity contribution >= 4 is 17.4 Å². The van der Waals surface area contributed by atoms with Gasteiger partial charge in [-0.15, -0.1) is 0 Å². The van der Waals surface area contributed by atoms with E-state index in [1.165, 1.54) is 0 Å². The van der Waals surface area contributed by atoms with Crippen molar-refractivity contribution in [1.29, 1.82) is 0 Å². The maximum Gasteiger partial charge on any atom is 0.287 e. The molecule has 1 saturated heterocycles. The Morgan fingerprint density at radius 2 is 2.44 bits per heavy atom. The van der Waals surface area contributed by atoms with Crippen molar-refractivity contribution < 1.29 is 19.7 Å². The van der Waals surface area contributed by atoms with Crippen LogP contribution in [0.5, 0.6) is 0 Å². The molecular weight excluding hydrogens is 234 g/mol. The number of aliphatic hydroxyl groups is 2. The molecule has 2 heterocycles. The number of hydrogen-bond donors (Lipinski definition) is 3. The quantitative estimate of drug-likeness (QED) is 0.616. The van der Waals surface area contributed by atoms with E-state index in [9.17, 15) is 9.90 Å². The summed E-state index contributed by atoms with van der Waals surface area (Å²) in [7, 11) is 0. The molecule has 0 unspecified atom stereocenters. The van der Waals surface area contributed by atoms with Crippen molar-refractivity contribution in [2.45, 2.75) is 24.7 Å². The monoisotopic (exact) mass is 245 g/mol. The van der Waals surface area contributed by atoms with Gasteiger partial charge < -0.3 is 20.7 Å². The molecule has 16 heavy (non-hydrogen) atoms. The first-order valence-electron chi connectivity index (χ1n) is 4.69. The molecule has 0 radical (unpaired) electrons. The molecule has 1 amide bonds. The van der Waals surface area contributed by atoms with Crippen LogP contribution >= 0.6 is 11.5 Å². The molecule has 88 valence electrons. The lowest BCUT2D eigenvalue weighted by Gasteiger charge is -2.09. The molecule has 1 aromatic rings. The summed E-state index contributed by atoms with van der Waals surface area (Å²) in [6.45, 7) is -0.158. The van der Waals surface area contributed by atoms with E-state index in [0.717, 1.165) is 11.5 Å². The third kappa shape index (κ3) is 2.05. The molecule has 4 N–H and O–H groups in total. The van der Waals surface area contributed by atoms with Crippen LogP contribution in [0.2, 0.25) is 0 Å². The van der Waals surface area contributed by atoms with E-state index in [4.69, 9.17) is 15.6 Å². The number of aliphatic hydroxyl groups excluding tert-OH is 2. The molecular formula is C8H11N3O4S. The molecule has 1 fully saturated rings. The average Bonchev–Trinajstić information content (AvgIpc) is 2.83. The summed E-state index contributed by atoms with van der Waals surface area (Å²) in [4.78, 5) is 14.7. The fourth-order valence-electron chi connectivity index (χ4n) is 1.54. The molecule has 0 saturated carbocycles. The standard InChI is InChI=1S/C8H11N3O4S/c9-6(14)7-10-8(16-11-7)5-4(13)1-3(2-12)15-5/h3-5,12-13H,1-2H2,(H2,9,14)/t3-,4+,5+/m0/s1. The Hall–Kier alpha value is -1.09. The van der Waals surface area contributed by atoms with Crippen LogP contribution in [-0.4, -0.2) is 44.3 Å². The predicted octanol–water partition coefficient (Wildman–Crippen LogP) is -1.18. The minimum Gasteiger partial charge on any atom is -0.394 e. The minimum absolute atomic E-state index is 0.0803. The van der Waals surface area contributed by atoms with E-state index in [2.05, 4.69) is 9.36 Å². The maximum atomic E-state index is 10.8. The molecule has 7 nitrogen and oxygen atoms in total. The summed E-state index contributed by atoms with van der Waals surface area (Å²) in [5.41, 5.74) is 5.01. The highest BCUT2D eigenvalue weighted by atomic mass is 32.1. The number of amides is 1. The summed E-state index contributed by atoms with van der Waals surface area (Å²) < 4.78 is 9.11. The van der Waals surface area contributed by atoms with Crippen molar-refractivity contribution in [3.05, 3.63) is 10.8 Å². The van der Waals surface area contributed by atoms with Crippen LogP contribution in [0.4, 0.5) is 0 Å². The average molecular weight is 245 g/mol. The number of carbonyl (C=O) groups excluding carboxylic acids is 1. The van der Waals surface area contributed by atoms with Crippen molar-refractivity contribution in [3.63, 3.8) is 0 Å². The van der Waals surface area contributed by atoms with Gasteiger partial charge in [-0.25, -0.2) is 4.98 Å². The van der Waals surface area contributed by atoms with Gasteiger partial charge in [-0.3, -0.25) is 4.79 Å². The summed E-state index contributed by atoms with van der Waals surface area (Å²) in [5.74, 6) is -0.794. The summed E-state index contributed by atoms with van der Waals surface area (Å²) in [6, 6.07) is 0.